The standard InChI is InChI=1S/C18H26N4O.ClH/c1-2-19-13-16-8-10-22(11-9-16)14-18-20-17(21-23-18)12-15-6-4-3-5-7-15;/h3-7,16,19H,2,8-14H2,1H3;1H. The molecule has 0 radical (unpaired) electrons. The predicted molar refractivity (Wildman–Crippen MR) is 97.3 cm³/mol. The van der Waals surface area contributed by atoms with Crippen molar-refractivity contribution in [2.24, 2.45) is 5.92 Å². The van der Waals surface area contributed by atoms with E-state index in [1.165, 1.54) is 18.4 Å². The van der Waals surface area contributed by atoms with E-state index >= 15 is 0 Å². The van der Waals surface area contributed by atoms with Crippen LogP contribution in [0.3, 0.4) is 0 Å². The van der Waals surface area contributed by atoms with Gasteiger partial charge in [-0.25, -0.2) is 0 Å². The van der Waals surface area contributed by atoms with Crippen molar-refractivity contribution < 1.29 is 4.52 Å². The highest BCUT2D eigenvalue weighted by Crippen LogP contribution is 2.18. The molecule has 0 aliphatic carbocycles. The molecule has 6 heteroatoms. The first-order valence-electron chi connectivity index (χ1n) is 8.62. The van der Waals surface area contributed by atoms with Crippen LogP contribution in [-0.4, -0.2) is 41.2 Å². The highest BCUT2D eigenvalue weighted by atomic mass is 35.5. The molecule has 0 unspecified atom stereocenters. The van der Waals surface area contributed by atoms with E-state index in [-0.39, 0.29) is 12.4 Å². The number of aromatic nitrogens is 2. The maximum atomic E-state index is 5.42. The van der Waals surface area contributed by atoms with Crippen LogP contribution in [0.25, 0.3) is 0 Å². The fourth-order valence-electron chi connectivity index (χ4n) is 3.09. The van der Waals surface area contributed by atoms with Crippen molar-refractivity contribution in [2.45, 2.75) is 32.7 Å². The highest BCUT2D eigenvalue weighted by molar-refractivity contribution is 5.85. The van der Waals surface area contributed by atoms with Gasteiger partial charge in [-0.2, -0.15) is 4.98 Å². The van der Waals surface area contributed by atoms with E-state index in [0.717, 1.165) is 56.8 Å². The number of nitrogens with one attached hydrogen (secondary N) is 1. The van der Waals surface area contributed by atoms with Crippen molar-refractivity contribution in [1.29, 1.82) is 0 Å². The zero-order valence-corrected chi connectivity index (χ0v) is 15.1. The van der Waals surface area contributed by atoms with E-state index in [2.05, 4.69) is 39.4 Å². The van der Waals surface area contributed by atoms with E-state index in [9.17, 15) is 0 Å². The van der Waals surface area contributed by atoms with Crippen LogP contribution in [0.2, 0.25) is 0 Å². The van der Waals surface area contributed by atoms with Gasteiger partial charge in [0.25, 0.3) is 0 Å². The quantitative estimate of drug-likeness (QED) is 0.832. The summed E-state index contributed by atoms with van der Waals surface area (Å²) < 4.78 is 5.42. The van der Waals surface area contributed by atoms with Crippen molar-refractivity contribution in [3.8, 4) is 0 Å². The van der Waals surface area contributed by atoms with Gasteiger partial charge in [0.1, 0.15) is 0 Å². The number of likely N-dealkylation sites (tertiary alicyclic amines) is 1. The van der Waals surface area contributed by atoms with Crippen LogP contribution in [0, 0.1) is 5.92 Å². The van der Waals surface area contributed by atoms with Gasteiger partial charge >= 0.3 is 0 Å². The summed E-state index contributed by atoms with van der Waals surface area (Å²) in [6.45, 7) is 7.38. The van der Waals surface area contributed by atoms with Gasteiger partial charge < -0.3 is 9.84 Å². The zero-order valence-electron chi connectivity index (χ0n) is 14.3. The average Bonchev–Trinajstić information content (AvgIpc) is 3.02. The van der Waals surface area contributed by atoms with Crippen molar-refractivity contribution >= 4 is 12.4 Å². The first-order chi connectivity index (χ1) is 11.3. The Hall–Kier alpha value is -1.43. The predicted octanol–water partition coefficient (Wildman–Crippen LogP) is 2.90. The molecule has 0 bridgehead atoms. The lowest BCUT2D eigenvalue weighted by Gasteiger charge is -2.30. The van der Waals surface area contributed by atoms with Gasteiger partial charge in [-0.1, -0.05) is 42.4 Å². The van der Waals surface area contributed by atoms with Crippen molar-refractivity contribution in [1.82, 2.24) is 20.4 Å². The maximum absolute atomic E-state index is 5.42. The van der Waals surface area contributed by atoms with Crippen molar-refractivity contribution in [2.75, 3.05) is 26.2 Å². The summed E-state index contributed by atoms with van der Waals surface area (Å²) in [4.78, 5) is 6.96. The van der Waals surface area contributed by atoms with E-state index in [1.807, 2.05) is 18.2 Å². The summed E-state index contributed by atoms with van der Waals surface area (Å²) in [6.07, 6.45) is 3.23. The zero-order chi connectivity index (χ0) is 15.9. The molecule has 0 atom stereocenters. The maximum Gasteiger partial charge on any atom is 0.240 e. The summed E-state index contributed by atoms with van der Waals surface area (Å²) in [5.41, 5.74) is 1.21. The van der Waals surface area contributed by atoms with Gasteiger partial charge in [0, 0.05) is 6.42 Å². The number of benzene rings is 1. The second kappa shape index (κ2) is 9.77. The molecular weight excluding hydrogens is 324 g/mol. The minimum absolute atomic E-state index is 0. The van der Waals surface area contributed by atoms with Gasteiger partial charge in [-0.05, 0) is 50.5 Å². The third kappa shape index (κ3) is 5.58. The first-order valence-corrected chi connectivity index (χ1v) is 8.62. The van der Waals surface area contributed by atoms with Crippen LogP contribution in [0.15, 0.2) is 34.9 Å². The van der Waals surface area contributed by atoms with E-state index < -0.39 is 0 Å². The Morgan fingerprint density at radius 2 is 1.96 bits per heavy atom. The van der Waals surface area contributed by atoms with E-state index in [1.54, 1.807) is 0 Å². The van der Waals surface area contributed by atoms with Crippen LogP contribution in [0.5, 0.6) is 0 Å². The van der Waals surface area contributed by atoms with Crippen molar-refractivity contribution in [3.63, 3.8) is 0 Å². The van der Waals surface area contributed by atoms with Gasteiger partial charge in [0.15, 0.2) is 5.82 Å². The molecule has 3 rings (SSSR count). The molecule has 5 nitrogen and oxygen atoms in total. The third-order valence-electron chi connectivity index (χ3n) is 4.46. The minimum Gasteiger partial charge on any atom is -0.338 e. The summed E-state index contributed by atoms with van der Waals surface area (Å²) >= 11 is 0. The molecule has 132 valence electrons. The molecule has 2 heterocycles. The fraction of sp³-hybridized carbons (Fsp3) is 0.556. The Morgan fingerprint density at radius 1 is 1.21 bits per heavy atom. The van der Waals surface area contributed by atoms with E-state index in [0.29, 0.717) is 0 Å². The molecular formula is C18H27ClN4O. The minimum atomic E-state index is 0. The summed E-state index contributed by atoms with van der Waals surface area (Å²) in [5.74, 6) is 2.32. The molecule has 24 heavy (non-hydrogen) atoms. The normalized spacial score (nSPS) is 16.0. The fourth-order valence-corrected chi connectivity index (χ4v) is 3.09. The smallest absolute Gasteiger partial charge is 0.240 e. The molecule has 1 aromatic heterocycles. The number of nitrogens with zero attached hydrogens (tertiary/aromatic N) is 3. The lowest BCUT2D eigenvalue weighted by molar-refractivity contribution is 0.158. The number of hydrogen-bond donors (Lipinski definition) is 1. The van der Waals surface area contributed by atoms with Crippen LogP contribution in [-0.2, 0) is 13.0 Å². The molecule has 1 fully saturated rings. The number of hydrogen-bond acceptors (Lipinski definition) is 5. The van der Waals surface area contributed by atoms with Gasteiger partial charge in [-0.15, -0.1) is 12.4 Å². The largest absolute Gasteiger partial charge is 0.338 e. The van der Waals surface area contributed by atoms with Crippen LogP contribution in [0.4, 0.5) is 0 Å². The molecule has 0 amide bonds. The molecule has 1 N–H and O–H groups in total. The van der Waals surface area contributed by atoms with Gasteiger partial charge in [0.2, 0.25) is 5.89 Å². The number of rotatable bonds is 7. The Kier molecular flexibility index (Phi) is 7.69. The molecule has 0 spiro atoms. The van der Waals surface area contributed by atoms with Crippen LogP contribution >= 0.6 is 12.4 Å². The van der Waals surface area contributed by atoms with Crippen molar-refractivity contribution in [3.05, 3.63) is 47.6 Å². The molecule has 2 aromatic rings. The molecule has 1 aliphatic heterocycles. The monoisotopic (exact) mass is 350 g/mol. The summed E-state index contributed by atoms with van der Waals surface area (Å²) in [5, 5.41) is 7.56. The Balaban J connectivity index is 0.00000208. The Morgan fingerprint density at radius 3 is 2.67 bits per heavy atom. The number of piperidine rings is 1. The number of halogens is 1. The Bertz CT molecular complexity index is 582. The van der Waals surface area contributed by atoms with Gasteiger partial charge in [-0.3, -0.25) is 4.90 Å². The topological polar surface area (TPSA) is 54.2 Å². The third-order valence-corrected chi connectivity index (χ3v) is 4.46. The summed E-state index contributed by atoms with van der Waals surface area (Å²) in [7, 11) is 0. The molecule has 1 aliphatic rings. The van der Waals surface area contributed by atoms with Gasteiger partial charge in [0.05, 0.1) is 6.54 Å². The molecule has 1 saturated heterocycles. The van der Waals surface area contributed by atoms with E-state index in [4.69, 9.17) is 4.52 Å². The highest BCUT2D eigenvalue weighted by Gasteiger charge is 2.20. The first kappa shape index (κ1) is 18.9. The summed E-state index contributed by atoms with van der Waals surface area (Å²) in [6, 6.07) is 10.3. The lowest BCUT2D eigenvalue weighted by atomic mass is 9.97. The second-order valence-electron chi connectivity index (χ2n) is 6.29. The molecule has 1 aromatic carbocycles. The van der Waals surface area contributed by atoms with Crippen LogP contribution < -0.4 is 5.32 Å². The van der Waals surface area contributed by atoms with Crippen LogP contribution in [0.1, 0.15) is 37.0 Å². The average molecular weight is 351 g/mol. The molecule has 0 saturated carbocycles. The SMILES string of the molecule is CCNCC1CCN(Cc2nc(Cc3ccccc3)no2)CC1.Cl. The second-order valence-corrected chi connectivity index (χ2v) is 6.29. The Labute approximate surface area is 150 Å². The lowest BCUT2D eigenvalue weighted by Crippen LogP contribution is -2.36.